The van der Waals surface area contributed by atoms with E-state index in [1.54, 1.807) is 11.3 Å². The van der Waals surface area contributed by atoms with Crippen molar-refractivity contribution >= 4 is 38.3 Å². The quantitative estimate of drug-likeness (QED) is 0.604. The summed E-state index contributed by atoms with van der Waals surface area (Å²) in [6.45, 7) is 0. The Balaban J connectivity index is 2.36. The van der Waals surface area contributed by atoms with Crippen molar-refractivity contribution in [2.75, 3.05) is 0 Å². The minimum absolute atomic E-state index is 0.397. The molecule has 2 aromatic carbocycles. The van der Waals surface area contributed by atoms with Crippen LogP contribution in [0.25, 0.3) is 20.5 Å². The van der Waals surface area contributed by atoms with E-state index in [0.717, 1.165) is 20.5 Å². The molecule has 88 valence electrons. The first-order chi connectivity index (χ1) is 8.77. The molecule has 0 bridgehead atoms. The molecule has 3 rings (SSSR count). The smallest absolute Gasteiger partial charge is 0.254 e. The number of carbonyl (C=O) groups excluding carboxylic acids is 1. The van der Waals surface area contributed by atoms with Gasteiger partial charge in [0.05, 0.1) is 5.56 Å². The van der Waals surface area contributed by atoms with E-state index in [-0.39, 0.29) is 0 Å². The highest BCUT2D eigenvalue weighted by Crippen LogP contribution is 2.39. The summed E-state index contributed by atoms with van der Waals surface area (Å²) >= 11 is 7.35. The van der Waals surface area contributed by atoms with Crippen molar-refractivity contribution in [3.8, 4) is 10.4 Å². The van der Waals surface area contributed by atoms with Crippen molar-refractivity contribution in [3.05, 3.63) is 60.2 Å². The molecule has 0 fully saturated rings. The number of carbonyl (C=O) groups is 1. The van der Waals surface area contributed by atoms with Gasteiger partial charge in [-0.15, -0.1) is 11.3 Å². The maximum absolute atomic E-state index is 11.7. The van der Waals surface area contributed by atoms with Crippen LogP contribution in [0, 0.1) is 0 Å². The van der Waals surface area contributed by atoms with Crippen LogP contribution in [0.5, 0.6) is 0 Å². The van der Waals surface area contributed by atoms with Gasteiger partial charge in [0.15, 0.2) is 0 Å². The topological polar surface area (TPSA) is 17.1 Å². The van der Waals surface area contributed by atoms with E-state index in [9.17, 15) is 4.79 Å². The first kappa shape index (κ1) is 11.5. The lowest BCUT2D eigenvalue weighted by Crippen LogP contribution is -1.89. The molecule has 0 aliphatic carbocycles. The molecule has 1 nitrogen and oxygen atoms in total. The van der Waals surface area contributed by atoms with Crippen molar-refractivity contribution in [1.29, 1.82) is 0 Å². The minimum Gasteiger partial charge on any atom is -0.276 e. The molecule has 0 saturated heterocycles. The van der Waals surface area contributed by atoms with Crippen LogP contribution in [0.4, 0.5) is 0 Å². The second kappa shape index (κ2) is 4.56. The lowest BCUT2D eigenvalue weighted by Gasteiger charge is -1.99. The first-order valence-corrected chi connectivity index (χ1v) is 6.73. The molecule has 18 heavy (non-hydrogen) atoms. The zero-order valence-electron chi connectivity index (χ0n) is 9.39. The molecule has 0 amide bonds. The van der Waals surface area contributed by atoms with Crippen LogP contribution < -0.4 is 0 Å². The maximum Gasteiger partial charge on any atom is 0.254 e. The van der Waals surface area contributed by atoms with E-state index in [1.807, 2.05) is 54.6 Å². The zero-order chi connectivity index (χ0) is 12.5. The van der Waals surface area contributed by atoms with Gasteiger partial charge in [-0.2, -0.15) is 0 Å². The van der Waals surface area contributed by atoms with Crippen LogP contribution in [0.1, 0.15) is 10.4 Å². The maximum atomic E-state index is 11.7. The fourth-order valence-electron chi connectivity index (χ4n) is 2.03. The molecule has 0 N–H and O–H groups in total. The van der Waals surface area contributed by atoms with Gasteiger partial charge in [0.25, 0.3) is 5.24 Å². The van der Waals surface area contributed by atoms with E-state index in [1.165, 1.54) is 0 Å². The summed E-state index contributed by atoms with van der Waals surface area (Å²) in [6.07, 6.45) is 0. The Morgan fingerprint density at radius 1 is 0.944 bits per heavy atom. The first-order valence-electron chi connectivity index (χ1n) is 5.54. The summed E-state index contributed by atoms with van der Waals surface area (Å²) < 4.78 is 1.08. The molecule has 1 heterocycles. The molecular weight excluding hydrogens is 264 g/mol. The van der Waals surface area contributed by atoms with E-state index in [0.29, 0.717) is 5.56 Å². The molecule has 3 aromatic rings. The van der Waals surface area contributed by atoms with E-state index in [4.69, 9.17) is 11.6 Å². The van der Waals surface area contributed by atoms with Crippen LogP contribution in [-0.2, 0) is 0 Å². The number of benzene rings is 2. The highest BCUT2D eigenvalue weighted by Gasteiger charge is 2.17. The Morgan fingerprint density at radius 3 is 2.33 bits per heavy atom. The van der Waals surface area contributed by atoms with Crippen LogP contribution in [0.15, 0.2) is 54.6 Å². The Morgan fingerprint density at radius 2 is 1.61 bits per heavy atom. The predicted octanol–water partition coefficient (Wildman–Crippen LogP) is 4.95. The van der Waals surface area contributed by atoms with Gasteiger partial charge >= 0.3 is 0 Å². The van der Waals surface area contributed by atoms with Gasteiger partial charge in [0.1, 0.15) is 0 Å². The fourth-order valence-corrected chi connectivity index (χ4v) is 3.49. The molecule has 3 heteroatoms. The van der Waals surface area contributed by atoms with Crippen molar-refractivity contribution < 1.29 is 4.79 Å². The molecule has 0 saturated carbocycles. The summed E-state index contributed by atoms with van der Waals surface area (Å²) in [5.74, 6) is 0. The molecule has 0 radical (unpaired) electrons. The lowest BCUT2D eigenvalue weighted by atomic mass is 10.1. The minimum atomic E-state index is -0.397. The second-order valence-corrected chi connectivity index (χ2v) is 5.34. The third-order valence-electron chi connectivity index (χ3n) is 2.83. The normalized spacial score (nSPS) is 10.7. The van der Waals surface area contributed by atoms with Gasteiger partial charge in [-0.25, -0.2) is 0 Å². The Kier molecular flexibility index (Phi) is 2.90. The predicted molar refractivity (Wildman–Crippen MR) is 77.4 cm³/mol. The molecule has 0 spiro atoms. The third kappa shape index (κ3) is 1.84. The van der Waals surface area contributed by atoms with Crippen molar-refractivity contribution in [3.63, 3.8) is 0 Å². The molecule has 1 aromatic heterocycles. The largest absolute Gasteiger partial charge is 0.276 e. The van der Waals surface area contributed by atoms with Crippen molar-refractivity contribution in [2.24, 2.45) is 0 Å². The Bertz CT molecular complexity index is 716. The number of hydrogen-bond donors (Lipinski definition) is 0. The molecular formula is C15H9ClOS. The molecule has 0 unspecified atom stereocenters. The highest BCUT2D eigenvalue weighted by molar-refractivity contribution is 7.23. The van der Waals surface area contributed by atoms with E-state index >= 15 is 0 Å². The van der Waals surface area contributed by atoms with Gasteiger partial charge in [-0.05, 0) is 23.2 Å². The van der Waals surface area contributed by atoms with Crippen LogP contribution in [0.3, 0.4) is 0 Å². The Hall–Kier alpha value is -1.64. The number of rotatable bonds is 2. The monoisotopic (exact) mass is 272 g/mol. The third-order valence-corrected chi connectivity index (χ3v) is 4.24. The number of fused-ring (bicyclic) bond motifs is 1. The van der Waals surface area contributed by atoms with Gasteiger partial charge in [0.2, 0.25) is 0 Å². The second-order valence-electron chi connectivity index (χ2n) is 3.94. The average molecular weight is 273 g/mol. The van der Waals surface area contributed by atoms with Crippen molar-refractivity contribution in [2.45, 2.75) is 0 Å². The summed E-state index contributed by atoms with van der Waals surface area (Å²) in [6, 6.07) is 17.7. The molecule has 0 aliphatic heterocycles. The number of thiophene rings is 1. The van der Waals surface area contributed by atoms with Gasteiger partial charge in [0, 0.05) is 15.0 Å². The van der Waals surface area contributed by atoms with Crippen LogP contribution in [0.2, 0.25) is 0 Å². The summed E-state index contributed by atoms with van der Waals surface area (Å²) in [4.78, 5) is 12.6. The van der Waals surface area contributed by atoms with Crippen molar-refractivity contribution in [1.82, 2.24) is 0 Å². The van der Waals surface area contributed by atoms with E-state index < -0.39 is 5.24 Å². The summed E-state index contributed by atoms with van der Waals surface area (Å²) in [7, 11) is 0. The number of hydrogen-bond acceptors (Lipinski definition) is 2. The fraction of sp³-hybridized carbons (Fsp3) is 0. The number of halogens is 1. The van der Waals surface area contributed by atoms with Crippen LogP contribution >= 0.6 is 22.9 Å². The van der Waals surface area contributed by atoms with Gasteiger partial charge < -0.3 is 0 Å². The standard InChI is InChI=1S/C15H9ClOS/c16-15(17)13-11-8-4-5-9-12(11)18-14(13)10-6-2-1-3-7-10/h1-9H. The summed E-state index contributed by atoms with van der Waals surface area (Å²) in [5.41, 5.74) is 1.64. The lowest BCUT2D eigenvalue weighted by molar-refractivity contribution is 0.108. The Labute approximate surface area is 114 Å². The van der Waals surface area contributed by atoms with Crippen LogP contribution in [-0.4, -0.2) is 5.24 Å². The van der Waals surface area contributed by atoms with Gasteiger partial charge in [-0.3, -0.25) is 4.79 Å². The average Bonchev–Trinajstić information content (AvgIpc) is 2.79. The zero-order valence-corrected chi connectivity index (χ0v) is 11.0. The highest BCUT2D eigenvalue weighted by atomic mass is 35.5. The SMILES string of the molecule is O=C(Cl)c1c(-c2ccccc2)sc2ccccc12. The van der Waals surface area contributed by atoms with E-state index in [2.05, 4.69) is 0 Å². The molecule has 0 atom stereocenters. The summed E-state index contributed by atoms with van der Waals surface area (Å²) in [5, 5.41) is 0.535. The van der Waals surface area contributed by atoms with Gasteiger partial charge in [-0.1, -0.05) is 48.5 Å². The molecule has 0 aliphatic rings.